The van der Waals surface area contributed by atoms with Crippen molar-refractivity contribution in [3.63, 3.8) is 0 Å². The molecule has 0 fully saturated rings. The Morgan fingerprint density at radius 3 is 2.72 bits per heavy atom. The maximum absolute atomic E-state index is 13.2. The predicted molar refractivity (Wildman–Crippen MR) is 121 cm³/mol. The number of thiazole rings is 1. The molecule has 0 saturated heterocycles. The zero-order valence-corrected chi connectivity index (χ0v) is 18.0. The number of rotatable bonds is 4. The SMILES string of the molecule is Cc1nc(-c2ccc(F)cc2)sc1C(C)NC(=O)c1cnn2c1[nH]c(=O)c1ccccc12. The molecule has 2 N–H and O–H groups in total. The summed E-state index contributed by atoms with van der Waals surface area (Å²) in [7, 11) is 0. The molecule has 2 aromatic carbocycles. The van der Waals surface area contributed by atoms with Crippen LogP contribution in [0.3, 0.4) is 0 Å². The lowest BCUT2D eigenvalue weighted by molar-refractivity contribution is 0.0942. The van der Waals surface area contributed by atoms with E-state index in [0.717, 1.165) is 21.1 Å². The quantitative estimate of drug-likeness (QED) is 0.431. The summed E-state index contributed by atoms with van der Waals surface area (Å²) >= 11 is 1.45. The van der Waals surface area contributed by atoms with E-state index >= 15 is 0 Å². The molecule has 7 nitrogen and oxygen atoms in total. The van der Waals surface area contributed by atoms with Crippen LogP contribution in [0, 0.1) is 12.7 Å². The van der Waals surface area contributed by atoms with E-state index in [1.807, 2.05) is 19.9 Å². The van der Waals surface area contributed by atoms with Crippen molar-refractivity contribution < 1.29 is 9.18 Å². The fourth-order valence-corrected chi connectivity index (χ4v) is 4.78. The summed E-state index contributed by atoms with van der Waals surface area (Å²) in [5.41, 5.74) is 2.57. The molecule has 1 amide bonds. The molecule has 5 aromatic rings. The Morgan fingerprint density at radius 2 is 1.94 bits per heavy atom. The second-order valence-electron chi connectivity index (χ2n) is 7.46. The maximum atomic E-state index is 13.2. The van der Waals surface area contributed by atoms with Crippen molar-refractivity contribution in [1.82, 2.24) is 24.9 Å². The number of nitrogens with one attached hydrogen (secondary N) is 2. The van der Waals surface area contributed by atoms with Gasteiger partial charge in [-0.15, -0.1) is 11.3 Å². The highest BCUT2D eigenvalue weighted by atomic mass is 32.1. The van der Waals surface area contributed by atoms with Crippen LogP contribution >= 0.6 is 11.3 Å². The van der Waals surface area contributed by atoms with Gasteiger partial charge in [0.15, 0.2) is 0 Å². The molecule has 1 atom stereocenters. The summed E-state index contributed by atoms with van der Waals surface area (Å²) in [4.78, 5) is 33.7. The van der Waals surface area contributed by atoms with Gasteiger partial charge in [0.2, 0.25) is 0 Å². The van der Waals surface area contributed by atoms with Crippen molar-refractivity contribution in [2.75, 3.05) is 0 Å². The van der Waals surface area contributed by atoms with Crippen LogP contribution in [0.1, 0.15) is 33.9 Å². The third-order valence-corrected chi connectivity index (χ3v) is 6.68. The predicted octanol–water partition coefficient (Wildman–Crippen LogP) is 4.24. The molecule has 1 unspecified atom stereocenters. The number of carbonyl (C=O) groups is 1. The molecule has 0 aliphatic rings. The number of para-hydroxylation sites is 1. The number of amides is 1. The minimum Gasteiger partial charge on any atom is -0.344 e. The standard InChI is InChI=1S/C23H18FN5O2S/c1-12(19-13(2)27-23(32-19)14-7-9-15(24)10-8-14)26-22(31)17-11-25-29-18-6-4-3-5-16(18)21(30)28-20(17)29/h3-12H,1-2H3,(H,26,31)(H,28,30). The van der Waals surface area contributed by atoms with E-state index in [1.165, 1.54) is 29.7 Å². The van der Waals surface area contributed by atoms with E-state index < -0.39 is 0 Å². The molecule has 0 aliphatic carbocycles. The van der Waals surface area contributed by atoms with Crippen molar-refractivity contribution >= 4 is 33.8 Å². The van der Waals surface area contributed by atoms with Gasteiger partial charge in [0.05, 0.1) is 33.7 Å². The van der Waals surface area contributed by atoms with Crippen molar-refractivity contribution in [3.05, 3.63) is 87.0 Å². The summed E-state index contributed by atoms with van der Waals surface area (Å²) < 4.78 is 14.8. The first-order valence-corrected chi connectivity index (χ1v) is 10.8. The number of carbonyl (C=O) groups excluding carboxylic acids is 1. The van der Waals surface area contributed by atoms with Crippen LogP contribution in [0.15, 0.2) is 59.5 Å². The van der Waals surface area contributed by atoms with E-state index in [2.05, 4.69) is 20.4 Å². The number of nitrogens with zero attached hydrogens (tertiary/aromatic N) is 3. The smallest absolute Gasteiger partial charge is 0.259 e. The summed E-state index contributed by atoms with van der Waals surface area (Å²) in [5, 5.41) is 8.52. The molecular weight excluding hydrogens is 429 g/mol. The van der Waals surface area contributed by atoms with Gasteiger partial charge >= 0.3 is 0 Å². The molecular formula is C23H18FN5O2S. The first-order valence-electron chi connectivity index (χ1n) is 9.95. The summed E-state index contributed by atoms with van der Waals surface area (Å²) in [5.74, 6) is -0.656. The van der Waals surface area contributed by atoms with Crippen LogP contribution in [0.2, 0.25) is 0 Å². The van der Waals surface area contributed by atoms with Crippen LogP contribution < -0.4 is 10.9 Å². The fourth-order valence-electron chi connectivity index (χ4n) is 3.71. The number of fused-ring (bicyclic) bond motifs is 3. The van der Waals surface area contributed by atoms with Gasteiger partial charge in [-0.3, -0.25) is 9.59 Å². The van der Waals surface area contributed by atoms with E-state index in [0.29, 0.717) is 16.6 Å². The third-order valence-electron chi connectivity index (χ3n) is 5.29. The van der Waals surface area contributed by atoms with Crippen molar-refractivity contribution in [1.29, 1.82) is 0 Å². The molecule has 0 aliphatic heterocycles. The molecule has 32 heavy (non-hydrogen) atoms. The molecule has 9 heteroatoms. The van der Waals surface area contributed by atoms with Gasteiger partial charge < -0.3 is 10.3 Å². The van der Waals surface area contributed by atoms with Crippen LogP contribution in [-0.2, 0) is 0 Å². The molecule has 3 aromatic heterocycles. The second-order valence-corrected chi connectivity index (χ2v) is 8.49. The first-order chi connectivity index (χ1) is 15.4. The lowest BCUT2D eigenvalue weighted by Crippen LogP contribution is -2.27. The topological polar surface area (TPSA) is 92.2 Å². The number of H-pyrrole nitrogens is 1. The molecule has 5 rings (SSSR count). The number of hydrogen-bond donors (Lipinski definition) is 2. The van der Waals surface area contributed by atoms with E-state index in [-0.39, 0.29) is 28.9 Å². The average molecular weight is 447 g/mol. The molecule has 160 valence electrons. The second kappa shape index (κ2) is 7.69. The number of halogens is 1. The Hall–Kier alpha value is -3.85. The van der Waals surface area contributed by atoms with E-state index in [1.54, 1.807) is 34.8 Å². The minimum absolute atomic E-state index is 0.278. The van der Waals surface area contributed by atoms with Crippen molar-refractivity contribution in [3.8, 4) is 10.6 Å². The van der Waals surface area contributed by atoms with Gasteiger partial charge in [0.25, 0.3) is 11.5 Å². The van der Waals surface area contributed by atoms with Gasteiger partial charge in [0.1, 0.15) is 22.0 Å². The Balaban J connectivity index is 1.45. The van der Waals surface area contributed by atoms with Gasteiger partial charge in [-0.1, -0.05) is 12.1 Å². The fraction of sp³-hybridized carbons (Fsp3) is 0.130. The van der Waals surface area contributed by atoms with Crippen LogP contribution in [-0.4, -0.2) is 25.5 Å². The summed E-state index contributed by atoms with van der Waals surface area (Å²) in [6.45, 7) is 3.75. The molecule has 3 heterocycles. The first kappa shape index (κ1) is 20.1. The normalized spacial score (nSPS) is 12.3. The Morgan fingerprint density at radius 1 is 1.19 bits per heavy atom. The van der Waals surface area contributed by atoms with Gasteiger partial charge in [-0.25, -0.2) is 13.9 Å². The van der Waals surface area contributed by atoms with Gasteiger partial charge in [0, 0.05) is 5.56 Å². The summed E-state index contributed by atoms with van der Waals surface area (Å²) in [6, 6.07) is 12.9. The zero-order valence-electron chi connectivity index (χ0n) is 17.2. The number of aryl methyl sites for hydroxylation is 1. The number of hydrogen-bond acceptors (Lipinski definition) is 5. The van der Waals surface area contributed by atoms with E-state index in [4.69, 9.17) is 0 Å². The Labute approximate surface area is 185 Å². The Kier molecular flexibility index (Phi) is 4.82. The van der Waals surface area contributed by atoms with Crippen molar-refractivity contribution in [2.24, 2.45) is 0 Å². The number of benzene rings is 2. The minimum atomic E-state index is -0.352. The maximum Gasteiger partial charge on any atom is 0.259 e. The molecule has 0 radical (unpaired) electrons. The third kappa shape index (κ3) is 3.36. The van der Waals surface area contributed by atoms with Crippen LogP contribution in [0.4, 0.5) is 4.39 Å². The molecule has 0 saturated carbocycles. The lowest BCUT2D eigenvalue weighted by Gasteiger charge is -2.12. The monoisotopic (exact) mass is 447 g/mol. The highest BCUT2D eigenvalue weighted by Crippen LogP contribution is 2.32. The average Bonchev–Trinajstić information content (AvgIpc) is 3.38. The number of aromatic nitrogens is 4. The zero-order chi connectivity index (χ0) is 22.4. The van der Waals surface area contributed by atoms with Gasteiger partial charge in [-0.05, 0) is 50.2 Å². The van der Waals surface area contributed by atoms with Crippen molar-refractivity contribution in [2.45, 2.75) is 19.9 Å². The molecule has 0 spiro atoms. The highest BCUT2D eigenvalue weighted by molar-refractivity contribution is 7.15. The lowest BCUT2D eigenvalue weighted by atomic mass is 10.2. The molecule has 0 bridgehead atoms. The number of aromatic amines is 1. The van der Waals surface area contributed by atoms with Crippen LogP contribution in [0.5, 0.6) is 0 Å². The highest BCUT2D eigenvalue weighted by Gasteiger charge is 2.21. The Bertz CT molecular complexity index is 1530. The largest absolute Gasteiger partial charge is 0.344 e. The van der Waals surface area contributed by atoms with Crippen LogP contribution in [0.25, 0.3) is 27.1 Å². The van der Waals surface area contributed by atoms with Gasteiger partial charge in [-0.2, -0.15) is 5.10 Å². The summed E-state index contributed by atoms with van der Waals surface area (Å²) in [6.07, 6.45) is 1.45. The van der Waals surface area contributed by atoms with E-state index in [9.17, 15) is 14.0 Å².